The Balaban J connectivity index is 2.16. The number of aryl methyl sites for hydroxylation is 1. The topological polar surface area (TPSA) is 116 Å². The van der Waals surface area contributed by atoms with Crippen LogP contribution < -0.4 is 5.56 Å². The van der Waals surface area contributed by atoms with E-state index in [-0.39, 0.29) is 36.9 Å². The summed E-state index contributed by atoms with van der Waals surface area (Å²) in [6.07, 6.45) is 3.48. The molecule has 2 aromatic rings. The van der Waals surface area contributed by atoms with Gasteiger partial charge < -0.3 is 15.0 Å². The Hall–Kier alpha value is -3.03. The number of pyridine rings is 1. The average molecular weight is 358 g/mol. The molecule has 0 aliphatic heterocycles. The number of aromatic amines is 1. The second-order valence-electron chi connectivity index (χ2n) is 6.23. The third-order valence-electron chi connectivity index (χ3n) is 4.00. The molecule has 0 radical (unpaired) electrons. The number of nitrogens with zero attached hydrogens (tertiary/aromatic N) is 3. The quantitative estimate of drug-likeness (QED) is 0.773. The van der Waals surface area contributed by atoms with Crippen LogP contribution in [0.5, 0.6) is 0 Å². The number of aliphatic carboxylic acids is 1. The van der Waals surface area contributed by atoms with Crippen LogP contribution in [0.25, 0.3) is 11.4 Å². The lowest BCUT2D eigenvalue weighted by Gasteiger charge is -2.24. The van der Waals surface area contributed by atoms with E-state index in [4.69, 9.17) is 5.11 Å². The Morgan fingerprint density at radius 3 is 2.62 bits per heavy atom. The lowest BCUT2D eigenvalue weighted by atomic mass is 10.1. The summed E-state index contributed by atoms with van der Waals surface area (Å²) in [5, 5.41) is 8.93. The molecule has 8 heteroatoms. The highest BCUT2D eigenvalue weighted by atomic mass is 16.4. The fraction of sp³-hybridized carbons (Fsp3) is 0.389. The van der Waals surface area contributed by atoms with Crippen LogP contribution in [0.15, 0.2) is 29.3 Å². The van der Waals surface area contributed by atoms with E-state index in [0.717, 1.165) is 0 Å². The number of H-pyrrole nitrogens is 1. The van der Waals surface area contributed by atoms with Gasteiger partial charge in [-0.15, -0.1) is 0 Å². The zero-order valence-electron chi connectivity index (χ0n) is 15.0. The molecule has 0 spiro atoms. The van der Waals surface area contributed by atoms with Crippen molar-refractivity contribution in [2.75, 3.05) is 6.54 Å². The van der Waals surface area contributed by atoms with Gasteiger partial charge in [-0.3, -0.25) is 19.4 Å². The molecule has 0 aliphatic carbocycles. The molecule has 2 N–H and O–H groups in total. The molecule has 26 heavy (non-hydrogen) atoms. The van der Waals surface area contributed by atoms with Gasteiger partial charge in [0, 0.05) is 41.7 Å². The Labute approximate surface area is 150 Å². The van der Waals surface area contributed by atoms with Gasteiger partial charge in [-0.05, 0) is 39.3 Å². The van der Waals surface area contributed by atoms with Gasteiger partial charge in [0.1, 0.15) is 12.4 Å². The standard InChI is InChI=1S/C18H22N4O4/c1-11(2)22(10-16(24)25)15(23)7-6-14-12(3)20-17(21-18(14)26)13-5-4-8-19-9-13/h4-5,8-9,11H,6-7,10H2,1-3H3,(H,24,25)(H,20,21,26). The summed E-state index contributed by atoms with van der Waals surface area (Å²) >= 11 is 0. The molecule has 2 rings (SSSR count). The second-order valence-corrected chi connectivity index (χ2v) is 6.23. The summed E-state index contributed by atoms with van der Waals surface area (Å²) < 4.78 is 0. The number of aromatic nitrogens is 3. The molecule has 0 aromatic carbocycles. The Morgan fingerprint density at radius 1 is 1.35 bits per heavy atom. The van der Waals surface area contributed by atoms with Crippen LogP contribution in [0, 0.1) is 6.92 Å². The van der Waals surface area contributed by atoms with Crippen molar-refractivity contribution in [3.8, 4) is 11.4 Å². The zero-order valence-corrected chi connectivity index (χ0v) is 15.0. The first-order valence-corrected chi connectivity index (χ1v) is 8.31. The predicted octanol–water partition coefficient (Wildman–Crippen LogP) is 1.39. The van der Waals surface area contributed by atoms with Gasteiger partial charge in [0.05, 0.1) is 0 Å². The highest BCUT2D eigenvalue weighted by Crippen LogP contribution is 2.14. The molecule has 0 bridgehead atoms. The van der Waals surface area contributed by atoms with Gasteiger partial charge in [0.25, 0.3) is 5.56 Å². The van der Waals surface area contributed by atoms with E-state index in [1.165, 1.54) is 4.90 Å². The molecule has 0 unspecified atom stereocenters. The summed E-state index contributed by atoms with van der Waals surface area (Å²) in [4.78, 5) is 48.0. The summed E-state index contributed by atoms with van der Waals surface area (Å²) in [6, 6.07) is 3.31. The Morgan fingerprint density at radius 2 is 2.08 bits per heavy atom. The van der Waals surface area contributed by atoms with Crippen molar-refractivity contribution in [3.63, 3.8) is 0 Å². The molecular weight excluding hydrogens is 336 g/mol. The van der Waals surface area contributed by atoms with Gasteiger partial charge in [-0.25, -0.2) is 4.98 Å². The summed E-state index contributed by atoms with van der Waals surface area (Å²) in [5.74, 6) is -0.952. The minimum Gasteiger partial charge on any atom is -0.480 e. The van der Waals surface area contributed by atoms with E-state index < -0.39 is 5.97 Å². The van der Waals surface area contributed by atoms with Gasteiger partial charge in [0.15, 0.2) is 0 Å². The fourth-order valence-electron chi connectivity index (χ4n) is 2.62. The van der Waals surface area contributed by atoms with Crippen LogP contribution in [-0.2, 0) is 16.0 Å². The van der Waals surface area contributed by atoms with Crippen molar-refractivity contribution >= 4 is 11.9 Å². The van der Waals surface area contributed by atoms with Crippen LogP contribution in [0.1, 0.15) is 31.5 Å². The largest absolute Gasteiger partial charge is 0.480 e. The average Bonchev–Trinajstić information content (AvgIpc) is 2.59. The fourth-order valence-corrected chi connectivity index (χ4v) is 2.62. The van der Waals surface area contributed by atoms with Gasteiger partial charge in [-0.1, -0.05) is 0 Å². The van der Waals surface area contributed by atoms with Gasteiger partial charge >= 0.3 is 5.97 Å². The van der Waals surface area contributed by atoms with E-state index in [0.29, 0.717) is 22.6 Å². The number of amides is 1. The zero-order chi connectivity index (χ0) is 19.3. The number of hydrogen-bond donors (Lipinski definition) is 2. The lowest BCUT2D eigenvalue weighted by molar-refractivity contribution is -0.145. The number of carboxylic acids is 1. The number of carboxylic acid groups (broad SMARTS) is 1. The van der Waals surface area contributed by atoms with Crippen LogP contribution in [0.2, 0.25) is 0 Å². The molecule has 0 aliphatic rings. The van der Waals surface area contributed by atoms with Gasteiger partial charge in [0.2, 0.25) is 5.91 Å². The molecule has 0 saturated heterocycles. The predicted molar refractivity (Wildman–Crippen MR) is 95.6 cm³/mol. The maximum absolute atomic E-state index is 12.4. The smallest absolute Gasteiger partial charge is 0.323 e. The van der Waals surface area contributed by atoms with Crippen molar-refractivity contribution in [2.45, 2.75) is 39.7 Å². The first-order valence-electron chi connectivity index (χ1n) is 8.31. The maximum atomic E-state index is 12.4. The number of hydrogen-bond acceptors (Lipinski definition) is 5. The van der Waals surface area contributed by atoms with E-state index in [1.807, 2.05) is 0 Å². The lowest BCUT2D eigenvalue weighted by Crippen LogP contribution is -2.41. The number of carbonyl (C=O) groups is 2. The third kappa shape index (κ3) is 4.75. The highest BCUT2D eigenvalue weighted by Gasteiger charge is 2.20. The second kappa shape index (κ2) is 8.37. The molecule has 8 nitrogen and oxygen atoms in total. The monoisotopic (exact) mass is 358 g/mol. The first kappa shape index (κ1) is 19.3. The number of rotatable bonds is 7. The molecule has 138 valence electrons. The first-order chi connectivity index (χ1) is 12.3. The highest BCUT2D eigenvalue weighted by molar-refractivity contribution is 5.81. The molecule has 2 heterocycles. The van der Waals surface area contributed by atoms with Crippen molar-refractivity contribution in [2.24, 2.45) is 0 Å². The number of nitrogens with one attached hydrogen (secondary N) is 1. The van der Waals surface area contributed by atoms with Crippen molar-refractivity contribution in [3.05, 3.63) is 46.1 Å². The molecule has 1 amide bonds. The summed E-state index contributed by atoms with van der Waals surface area (Å²) in [5.41, 5.74) is 1.35. The third-order valence-corrected chi connectivity index (χ3v) is 4.00. The Kier molecular flexibility index (Phi) is 6.21. The normalized spacial score (nSPS) is 10.8. The van der Waals surface area contributed by atoms with Crippen molar-refractivity contribution < 1.29 is 14.7 Å². The SMILES string of the molecule is Cc1nc(-c2cccnc2)[nH]c(=O)c1CCC(=O)N(CC(=O)O)C(C)C. The molecule has 0 atom stereocenters. The number of carbonyl (C=O) groups excluding carboxylic acids is 1. The van der Waals surface area contributed by atoms with Crippen LogP contribution in [0.3, 0.4) is 0 Å². The van der Waals surface area contributed by atoms with E-state index >= 15 is 0 Å². The van der Waals surface area contributed by atoms with Crippen molar-refractivity contribution in [1.29, 1.82) is 0 Å². The van der Waals surface area contributed by atoms with E-state index in [1.54, 1.807) is 45.3 Å². The van der Waals surface area contributed by atoms with E-state index in [2.05, 4.69) is 15.0 Å². The Bertz CT molecular complexity index is 846. The minimum atomic E-state index is -1.07. The molecule has 0 saturated carbocycles. The molecule has 2 aromatic heterocycles. The minimum absolute atomic E-state index is 0.0449. The maximum Gasteiger partial charge on any atom is 0.323 e. The van der Waals surface area contributed by atoms with E-state index in [9.17, 15) is 14.4 Å². The molecule has 0 fully saturated rings. The van der Waals surface area contributed by atoms with Crippen molar-refractivity contribution in [1.82, 2.24) is 19.9 Å². The van der Waals surface area contributed by atoms with Crippen LogP contribution >= 0.6 is 0 Å². The van der Waals surface area contributed by atoms with Crippen LogP contribution in [0.4, 0.5) is 0 Å². The molecular formula is C18H22N4O4. The van der Waals surface area contributed by atoms with Gasteiger partial charge in [-0.2, -0.15) is 0 Å². The summed E-state index contributed by atoms with van der Waals surface area (Å²) in [7, 11) is 0. The van der Waals surface area contributed by atoms with Crippen LogP contribution in [-0.4, -0.2) is 49.4 Å². The summed E-state index contributed by atoms with van der Waals surface area (Å²) in [6.45, 7) is 4.86.